The Morgan fingerprint density at radius 3 is 2.62 bits per heavy atom. The summed E-state index contributed by atoms with van der Waals surface area (Å²) in [6.07, 6.45) is 1.50. The van der Waals surface area contributed by atoms with Gasteiger partial charge in [0.2, 0.25) is 0 Å². The van der Waals surface area contributed by atoms with Crippen LogP contribution in [0.4, 0.5) is 5.82 Å². The van der Waals surface area contributed by atoms with Crippen molar-refractivity contribution in [3.05, 3.63) is 74.8 Å². The minimum Gasteiger partial charge on any atom is -0.454 e. The molecule has 0 aliphatic carbocycles. The maximum atomic E-state index is 12.9. The molecule has 174 valence electrons. The summed E-state index contributed by atoms with van der Waals surface area (Å²) >= 11 is 1.46. The van der Waals surface area contributed by atoms with E-state index < -0.39 is 5.97 Å². The molecule has 0 spiro atoms. The van der Waals surface area contributed by atoms with E-state index in [0.717, 1.165) is 40.5 Å². The monoisotopic (exact) mass is 476 g/mol. The van der Waals surface area contributed by atoms with Crippen LogP contribution in [0.25, 0.3) is 21.3 Å². The van der Waals surface area contributed by atoms with Gasteiger partial charge in [-0.2, -0.15) is 0 Å². The Morgan fingerprint density at radius 1 is 1.15 bits per heavy atom. The number of fused-ring (bicyclic) bond motifs is 1. The predicted octanol–water partition coefficient (Wildman–Crippen LogP) is 3.86. The smallest absolute Gasteiger partial charge is 0.340 e. The summed E-state index contributed by atoms with van der Waals surface area (Å²) in [7, 11) is 0. The second kappa shape index (κ2) is 9.36. The number of hydrogen-bond acceptors (Lipinski definition) is 8. The van der Waals surface area contributed by atoms with Gasteiger partial charge < -0.3 is 19.4 Å². The first-order valence-corrected chi connectivity index (χ1v) is 11.9. The highest BCUT2D eigenvalue weighted by Crippen LogP contribution is 2.35. The van der Waals surface area contributed by atoms with Crippen LogP contribution in [-0.2, 0) is 16.1 Å². The highest BCUT2D eigenvalue weighted by molar-refractivity contribution is 7.19. The number of ether oxygens (including phenoxy) is 2. The Balaban J connectivity index is 1.32. The van der Waals surface area contributed by atoms with E-state index in [1.54, 1.807) is 12.1 Å². The molecule has 8 nitrogen and oxygen atoms in total. The highest BCUT2D eigenvalue weighted by Gasteiger charge is 2.18. The Bertz CT molecular complexity index is 1390. The van der Waals surface area contributed by atoms with E-state index in [0.29, 0.717) is 34.8 Å². The second-order valence-corrected chi connectivity index (χ2v) is 9.38. The molecule has 1 saturated heterocycles. The van der Waals surface area contributed by atoms with Crippen molar-refractivity contribution in [1.29, 1.82) is 0 Å². The quantitative estimate of drug-likeness (QED) is 0.437. The normalized spacial score (nSPS) is 13.9. The van der Waals surface area contributed by atoms with Crippen molar-refractivity contribution in [2.24, 2.45) is 0 Å². The molecule has 0 radical (unpaired) electrons. The number of H-pyrrole nitrogens is 1. The zero-order valence-electron chi connectivity index (χ0n) is 19.0. The molecular formula is C25H24N4O4S. The van der Waals surface area contributed by atoms with Crippen LogP contribution in [0.1, 0.15) is 26.6 Å². The number of pyridine rings is 1. The molecule has 9 heteroatoms. The van der Waals surface area contributed by atoms with Crippen molar-refractivity contribution in [1.82, 2.24) is 15.0 Å². The van der Waals surface area contributed by atoms with E-state index >= 15 is 0 Å². The van der Waals surface area contributed by atoms with Gasteiger partial charge in [0, 0.05) is 29.7 Å². The van der Waals surface area contributed by atoms with E-state index in [-0.39, 0.29) is 12.2 Å². The molecule has 4 aromatic rings. The molecule has 1 fully saturated rings. The van der Waals surface area contributed by atoms with Crippen LogP contribution in [-0.4, -0.2) is 47.2 Å². The van der Waals surface area contributed by atoms with Gasteiger partial charge in [-0.15, -0.1) is 11.3 Å². The number of aryl methyl sites for hydroxylation is 2. The molecule has 0 amide bonds. The lowest BCUT2D eigenvalue weighted by molar-refractivity contribution is 0.0462. The van der Waals surface area contributed by atoms with Crippen LogP contribution in [0.5, 0.6) is 0 Å². The SMILES string of the molecule is Cc1ccc(-c2c(C)sc3nc(COC(=O)c4ccc(N5CCOCC5)nc4)[nH]c(=O)c23)cc1. The summed E-state index contributed by atoms with van der Waals surface area (Å²) in [5.41, 5.74) is 3.13. The average Bonchev–Trinajstić information content (AvgIpc) is 3.20. The fourth-order valence-corrected chi connectivity index (χ4v) is 5.07. The van der Waals surface area contributed by atoms with Gasteiger partial charge in [-0.3, -0.25) is 4.79 Å². The van der Waals surface area contributed by atoms with Gasteiger partial charge in [0.1, 0.15) is 23.1 Å². The maximum absolute atomic E-state index is 12.9. The molecule has 0 atom stereocenters. The summed E-state index contributed by atoms with van der Waals surface area (Å²) in [4.78, 5) is 40.9. The molecule has 0 saturated carbocycles. The lowest BCUT2D eigenvalue weighted by Gasteiger charge is -2.27. The Labute approximate surface area is 200 Å². The van der Waals surface area contributed by atoms with Gasteiger partial charge in [0.25, 0.3) is 5.56 Å². The van der Waals surface area contributed by atoms with Crippen molar-refractivity contribution < 1.29 is 14.3 Å². The first-order valence-electron chi connectivity index (χ1n) is 11.0. The first kappa shape index (κ1) is 22.2. The van der Waals surface area contributed by atoms with Crippen LogP contribution in [0, 0.1) is 13.8 Å². The third kappa shape index (κ3) is 4.44. The number of morpholine rings is 1. The largest absolute Gasteiger partial charge is 0.454 e. The minimum absolute atomic E-state index is 0.133. The van der Waals surface area contributed by atoms with Crippen LogP contribution >= 0.6 is 11.3 Å². The molecule has 3 aromatic heterocycles. The number of thiophene rings is 1. The Morgan fingerprint density at radius 2 is 1.91 bits per heavy atom. The number of carbonyl (C=O) groups is 1. The van der Waals surface area contributed by atoms with Gasteiger partial charge >= 0.3 is 5.97 Å². The number of carbonyl (C=O) groups excluding carboxylic acids is 1. The minimum atomic E-state index is -0.522. The fourth-order valence-electron chi connectivity index (χ4n) is 4.00. The number of nitrogens with zero attached hydrogens (tertiary/aromatic N) is 3. The molecule has 1 aliphatic rings. The van der Waals surface area contributed by atoms with E-state index in [4.69, 9.17) is 9.47 Å². The molecule has 0 unspecified atom stereocenters. The molecule has 4 heterocycles. The lowest BCUT2D eigenvalue weighted by Crippen LogP contribution is -2.36. The standard InChI is InChI=1S/C25H24N4O4S/c1-15-3-5-17(6-4-15)21-16(2)34-24-22(21)23(30)27-19(28-24)14-33-25(31)18-7-8-20(26-13-18)29-9-11-32-12-10-29/h3-8,13H,9-12,14H2,1-2H3,(H,27,28,30). The molecule has 0 bridgehead atoms. The number of aromatic amines is 1. The topological polar surface area (TPSA) is 97.4 Å². The number of esters is 1. The van der Waals surface area contributed by atoms with Gasteiger partial charge in [-0.05, 0) is 31.5 Å². The maximum Gasteiger partial charge on any atom is 0.340 e. The fraction of sp³-hybridized carbons (Fsp3) is 0.280. The number of aromatic nitrogens is 3. The van der Waals surface area contributed by atoms with Crippen molar-refractivity contribution in [2.75, 3.05) is 31.2 Å². The third-order valence-electron chi connectivity index (χ3n) is 5.79. The molecule has 1 aliphatic heterocycles. The summed E-state index contributed by atoms with van der Waals surface area (Å²) in [6.45, 7) is 6.74. The second-order valence-electron chi connectivity index (χ2n) is 8.17. The van der Waals surface area contributed by atoms with Crippen molar-refractivity contribution in [2.45, 2.75) is 20.5 Å². The Kier molecular flexibility index (Phi) is 6.12. The Hall–Kier alpha value is -3.56. The first-order chi connectivity index (χ1) is 16.5. The van der Waals surface area contributed by atoms with Crippen molar-refractivity contribution in [3.63, 3.8) is 0 Å². The predicted molar refractivity (Wildman–Crippen MR) is 132 cm³/mol. The van der Waals surface area contributed by atoms with Crippen molar-refractivity contribution in [3.8, 4) is 11.1 Å². The summed E-state index contributed by atoms with van der Waals surface area (Å²) in [6, 6.07) is 11.6. The third-order valence-corrected chi connectivity index (χ3v) is 6.79. The molecular weight excluding hydrogens is 452 g/mol. The average molecular weight is 477 g/mol. The number of hydrogen-bond donors (Lipinski definition) is 1. The van der Waals surface area contributed by atoms with Crippen LogP contribution < -0.4 is 10.5 Å². The summed E-state index contributed by atoms with van der Waals surface area (Å²) < 4.78 is 10.8. The number of nitrogens with one attached hydrogen (secondary N) is 1. The van der Waals surface area contributed by atoms with Gasteiger partial charge in [-0.1, -0.05) is 29.8 Å². The van der Waals surface area contributed by atoms with Crippen LogP contribution in [0.2, 0.25) is 0 Å². The number of anilines is 1. The zero-order chi connectivity index (χ0) is 23.7. The molecule has 34 heavy (non-hydrogen) atoms. The zero-order valence-corrected chi connectivity index (χ0v) is 19.8. The van der Waals surface area contributed by atoms with Gasteiger partial charge in [-0.25, -0.2) is 14.8 Å². The molecule has 1 aromatic carbocycles. The van der Waals surface area contributed by atoms with Gasteiger partial charge in [0.15, 0.2) is 0 Å². The number of benzene rings is 1. The summed E-state index contributed by atoms with van der Waals surface area (Å²) in [5.74, 6) is 0.584. The lowest BCUT2D eigenvalue weighted by atomic mass is 10.0. The van der Waals surface area contributed by atoms with Crippen LogP contribution in [0.15, 0.2) is 47.4 Å². The van der Waals surface area contributed by atoms with Crippen molar-refractivity contribution >= 4 is 33.3 Å². The van der Waals surface area contributed by atoms with Crippen LogP contribution in [0.3, 0.4) is 0 Å². The van der Waals surface area contributed by atoms with E-state index in [1.165, 1.54) is 17.5 Å². The van der Waals surface area contributed by atoms with E-state index in [1.807, 2.05) is 38.1 Å². The number of rotatable bonds is 5. The highest BCUT2D eigenvalue weighted by atomic mass is 32.1. The summed E-state index contributed by atoms with van der Waals surface area (Å²) in [5, 5.41) is 0.560. The molecule has 5 rings (SSSR count). The van der Waals surface area contributed by atoms with Gasteiger partial charge in [0.05, 0.1) is 24.2 Å². The van der Waals surface area contributed by atoms with E-state index in [9.17, 15) is 9.59 Å². The van der Waals surface area contributed by atoms with E-state index in [2.05, 4.69) is 19.9 Å². The molecule has 1 N–H and O–H groups in total.